The number of hydrogen-bond donors (Lipinski definition) is 1. The van der Waals surface area contributed by atoms with Crippen LogP contribution in [0.1, 0.15) is 30.8 Å². The Hall–Kier alpha value is -1.61. The normalized spacial score (nSPS) is 12.8. The fourth-order valence-electron chi connectivity index (χ4n) is 2.72. The van der Waals surface area contributed by atoms with Crippen molar-refractivity contribution in [3.8, 4) is 0 Å². The number of benzene rings is 1. The highest BCUT2D eigenvalue weighted by atomic mass is 15.3. The molecule has 2 aromatic rings. The van der Waals surface area contributed by atoms with Gasteiger partial charge in [-0.1, -0.05) is 44.2 Å². The molecule has 3 nitrogen and oxygen atoms in total. The molecule has 1 aromatic heterocycles. The van der Waals surface area contributed by atoms with Crippen LogP contribution in [-0.2, 0) is 19.9 Å². The van der Waals surface area contributed by atoms with Crippen LogP contribution in [0.15, 0.2) is 36.4 Å². The van der Waals surface area contributed by atoms with Crippen LogP contribution in [0, 0.1) is 12.8 Å². The number of aromatic nitrogens is 2. The van der Waals surface area contributed by atoms with Gasteiger partial charge >= 0.3 is 0 Å². The summed E-state index contributed by atoms with van der Waals surface area (Å²) in [5, 5.41) is 8.05. The van der Waals surface area contributed by atoms with Crippen molar-refractivity contribution in [3.05, 3.63) is 53.3 Å². The van der Waals surface area contributed by atoms with Gasteiger partial charge in [0.15, 0.2) is 0 Å². The molecule has 0 saturated heterocycles. The van der Waals surface area contributed by atoms with Crippen molar-refractivity contribution in [3.63, 3.8) is 0 Å². The Morgan fingerprint density at radius 3 is 2.43 bits per heavy atom. The minimum absolute atomic E-state index is 0.525. The van der Waals surface area contributed by atoms with Gasteiger partial charge in [-0.15, -0.1) is 0 Å². The van der Waals surface area contributed by atoms with E-state index in [0.29, 0.717) is 12.0 Å². The molecule has 3 heteroatoms. The number of hydrogen-bond acceptors (Lipinski definition) is 2. The molecule has 1 unspecified atom stereocenters. The highest BCUT2D eigenvalue weighted by Crippen LogP contribution is 2.15. The highest BCUT2D eigenvalue weighted by molar-refractivity contribution is 5.16. The predicted octanol–water partition coefficient (Wildman–Crippen LogP) is 3.13. The molecule has 0 bridgehead atoms. The first-order valence-electron chi connectivity index (χ1n) is 7.81. The third-order valence-electron chi connectivity index (χ3n) is 3.78. The van der Waals surface area contributed by atoms with Crippen molar-refractivity contribution in [2.24, 2.45) is 13.0 Å². The maximum Gasteiger partial charge on any atom is 0.0596 e. The second kappa shape index (κ2) is 7.41. The molecular formula is C18H27N3. The van der Waals surface area contributed by atoms with Crippen molar-refractivity contribution < 1.29 is 0 Å². The number of nitrogens with one attached hydrogen (secondary N) is 1. The van der Waals surface area contributed by atoms with Crippen LogP contribution in [-0.4, -0.2) is 22.4 Å². The first-order valence-corrected chi connectivity index (χ1v) is 7.81. The van der Waals surface area contributed by atoms with E-state index in [0.717, 1.165) is 25.1 Å². The molecule has 0 spiro atoms. The van der Waals surface area contributed by atoms with Gasteiger partial charge in [0.05, 0.1) is 5.69 Å². The van der Waals surface area contributed by atoms with Gasteiger partial charge in [0.1, 0.15) is 0 Å². The lowest BCUT2D eigenvalue weighted by atomic mass is 9.94. The fraction of sp³-hybridized carbons (Fsp3) is 0.500. The van der Waals surface area contributed by atoms with E-state index in [4.69, 9.17) is 0 Å². The Kier molecular flexibility index (Phi) is 5.57. The van der Waals surface area contributed by atoms with Crippen LogP contribution in [0.2, 0.25) is 0 Å². The van der Waals surface area contributed by atoms with Gasteiger partial charge in [0.2, 0.25) is 0 Å². The Balaban J connectivity index is 2.06. The molecule has 2 rings (SSSR count). The molecule has 1 heterocycles. The highest BCUT2D eigenvalue weighted by Gasteiger charge is 2.14. The summed E-state index contributed by atoms with van der Waals surface area (Å²) in [5.41, 5.74) is 3.83. The van der Waals surface area contributed by atoms with Crippen molar-refractivity contribution in [1.82, 2.24) is 15.1 Å². The average Bonchev–Trinajstić information content (AvgIpc) is 2.75. The molecule has 1 aromatic carbocycles. The zero-order valence-electron chi connectivity index (χ0n) is 13.6. The molecule has 0 fully saturated rings. The smallest absolute Gasteiger partial charge is 0.0596 e. The molecule has 21 heavy (non-hydrogen) atoms. The Morgan fingerprint density at radius 2 is 1.86 bits per heavy atom. The lowest BCUT2D eigenvalue weighted by molar-refractivity contribution is 0.434. The van der Waals surface area contributed by atoms with Gasteiger partial charge in [-0.2, -0.15) is 5.10 Å². The van der Waals surface area contributed by atoms with Crippen molar-refractivity contribution in [1.29, 1.82) is 0 Å². The summed E-state index contributed by atoms with van der Waals surface area (Å²) in [6.45, 7) is 7.50. The molecule has 0 saturated carbocycles. The Morgan fingerprint density at radius 1 is 1.14 bits per heavy atom. The molecular weight excluding hydrogens is 258 g/mol. The first kappa shape index (κ1) is 15.8. The van der Waals surface area contributed by atoms with E-state index in [9.17, 15) is 0 Å². The predicted molar refractivity (Wildman–Crippen MR) is 88.4 cm³/mol. The minimum Gasteiger partial charge on any atom is -0.314 e. The Bertz CT molecular complexity index is 543. The maximum atomic E-state index is 4.46. The second-order valence-corrected chi connectivity index (χ2v) is 6.22. The van der Waals surface area contributed by atoms with Crippen LogP contribution in [0.4, 0.5) is 0 Å². The molecule has 0 aliphatic carbocycles. The first-order chi connectivity index (χ1) is 10.0. The van der Waals surface area contributed by atoms with Crippen LogP contribution >= 0.6 is 0 Å². The quantitative estimate of drug-likeness (QED) is 0.847. The molecule has 0 aliphatic heterocycles. The van der Waals surface area contributed by atoms with Crippen LogP contribution in [0.25, 0.3) is 0 Å². The van der Waals surface area contributed by atoms with E-state index in [1.165, 1.54) is 11.3 Å². The van der Waals surface area contributed by atoms with Gasteiger partial charge in [-0.25, -0.2) is 0 Å². The van der Waals surface area contributed by atoms with Crippen LogP contribution in [0.3, 0.4) is 0 Å². The second-order valence-electron chi connectivity index (χ2n) is 6.22. The number of nitrogens with zero attached hydrogens (tertiary/aromatic N) is 2. The largest absolute Gasteiger partial charge is 0.314 e. The van der Waals surface area contributed by atoms with Gasteiger partial charge in [-0.3, -0.25) is 4.68 Å². The molecule has 1 N–H and O–H groups in total. The lowest BCUT2D eigenvalue weighted by Crippen LogP contribution is -2.31. The van der Waals surface area contributed by atoms with E-state index < -0.39 is 0 Å². The van der Waals surface area contributed by atoms with Crippen LogP contribution in [0.5, 0.6) is 0 Å². The van der Waals surface area contributed by atoms with Crippen molar-refractivity contribution in [2.45, 2.75) is 39.7 Å². The van der Waals surface area contributed by atoms with Gasteiger partial charge in [0.25, 0.3) is 0 Å². The summed E-state index contributed by atoms with van der Waals surface area (Å²) in [6, 6.07) is 13.5. The molecule has 0 radical (unpaired) electrons. The maximum absolute atomic E-state index is 4.46. The summed E-state index contributed by atoms with van der Waals surface area (Å²) in [5.74, 6) is 0.588. The topological polar surface area (TPSA) is 29.9 Å². The Labute approximate surface area is 128 Å². The van der Waals surface area contributed by atoms with Crippen LogP contribution < -0.4 is 5.32 Å². The number of rotatable bonds is 7. The van der Waals surface area contributed by atoms with Gasteiger partial charge < -0.3 is 5.32 Å². The van der Waals surface area contributed by atoms with E-state index >= 15 is 0 Å². The van der Waals surface area contributed by atoms with E-state index in [2.05, 4.69) is 67.6 Å². The molecule has 0 aliphatic rings. The summed E-state index contributed by atoms with van der Waals surface area (Å²) in [6.07, 6.45) is 2.16. The van der Waals surface area contributed by atoms with E-state index in [1.54, 1.807) is 0 Å². The van der Waals surface area contributed by atoms with E-state index in [-0.39, 0.29) is 0 Å². The molecule has 1 atom stereocenters. The SMILES string of the molecule is Cc1cc(CC(CNC(C)C)Cc2ccccc2)n(C)n1. The third kappa shape index (κ3) is 5.01. The zero-order valence-corrected chi connectivity index (χ0v) is 13.6. The van der Waals surface area contributed by atoms with Gasteiger partial charge in [-0.05, 0) is 43.9 Å². The zero-order chi connectivity index (χ0) is 15.2. The fourth-order valence-corrected chi connectivity index (χ4v) is 2.72. The summed E-state index contributed by atoms with van der Waals surface area (Å²) in [4.78, 5) is 0. The third-order valence-corrected chi connectivity index (χ3v) is 3.78. The lowest BCUT2D eigenvalue weighted by Gasteiger charge is -2.19. The average molecular weight is 285 g/mol. The molecule has 0 amide bonds. The summed E-state index contributed by atoms with van der Waals surface area (Å²) >= 11 is 0. The van der Waals surface area contributed by atoms with Crippen molar-refractivity contribution in [2.75, 3.05) is 6.54 Å². The number of aryl methyl sites for hydroxylation is 2. The van der Waals surface area contributed by atoms with Crippen molar-refractivity contribution >= 4 is 0 Å². The summed E-state index contributed by atoms with van der Waals surface area (Å²) in [7, 11) is 2.04. The summed E-state index contributed by atoms with van der Waals surface area (Å²) < 4.78 is 2.02. The molecule has 114 valence electrons. The monoisotopic (exact) mass is 285 g/mol. The minimum atomic E-state index is 0.525. The van der Waals surface area contributed by atoms with Gasteiger partial charge in [0, 0.05) is 18.8 Å². The standard InChI is InChI=1S/C18H27N3/c1-14(2)19-13-17(11-16-8-6-5-7-9-16)12-18-10-15(3)20-21(18)4/h5-10,14,17,19H,11-13H2,1-4H3. The van der Waals surface area contributed by atoms with E-state index in [1.807, 2.05) is 11.7 Å².